The molecule has 0 radical (unpaired) electrons. The smallest absolute Gasteiger partial charge is 0.255 e. The second-order valence-electron chi connectivity index (χ2n) is 3.89. The van der Waals surface area contributed by atoms with Crippen LogP contribution in [0.5, 0.6) is 0 Å². The van der Waals surface area contributed by atoms with E-state index >= 15 is 0 Å². The summed E-state index contributed by atoms with van der Waals surface area (Å²) in [6.45, 7) is 1.31. The van der Waals surface area contributed by atoms with Gasteiger partial charge in [-0.05, 0) is 25.0 Å². The Balaban J connectivity index is 1.94. The van der Waals surface area contributed by atoms with Gasteiger partial charge in [0.2, 0.25) is 0 Å². The molecular formula is C11H16N4O2. The lowest BCUT2D eigenvalue weighted by Gasteiger charge is -2.12. The molecule has 1 saturated heterocycles. The van der Waals surface area contributed by atoms with Gasteiger partial charge in [0.05, 0.1) is 11.7 Å². The fourth-order valence-corrected chi connectivity index (χ4v) is 1.81. The van der Waals surface area contributed by atoms with Crippen molar-refractivity contribution >= 4 is 11.7 Å². The van der Waals surface area contributed by atoms with E-state index < -0.39 is 0 Å². The molecule has 0 bridgehead atoms. The van der Waals surface area contributed by atoms with Crippen LogP contribution in [0.3, 0.4) is 0 Å². The molecule has 2 rings (SSSR count). The molecular weight excluding hydrogens is 220 g/mol. The lowest BCUT2D eigenvalue weighted by atomic mass is 10.2. The Morgan fingerprint density at radius 3 is 3.24 bits per heavy atom. The van der Waals surface area contributed by atoms with Crippen LogP contribution in [-0.2, 0) is 4.74 Å². The summed E-state index contributed by atoms with van der Waals surface area (Å²) in [4.78, 5) is 15.8. The van der Waals surface area contributed by atoms with Crippen molar-refractivity contribution in [3.63, 3.8) is 0 Å². The van der Waals surface area contributed by atoms with Crippen LogP contribution in [-0.4, -0.2) is 30.1 Å². The number of nitrogens with zero attached hydrogens (tertiary/aromatic N) is 1. The Morgan fingerprint density at radius 2 is 2.53 bits per heavy atom. The first kappa shape index (κ1) is 11.8. The van der Waals surface area contributed by atoms with Crippen LogP contribution < -0.4 is 16.6 Å². The first-order valence-electron chi connectivity index (χ1n) is 5.62. The van der Waals surface area contributed by atoms with Gasteiger partial charge >= 0.3 is 0 Å². The minimum atomic E-state index is -0.193. The molecule has 6 nitrogen and oxygen atoms in total. The van der Waals surface area contributed by atoms with Gasteiger partial charge in [-0.15, -0.1) is 0 Å². The highest BCUT2D eigenvalue weighted by molar-refractivity contribution is 5.98. The molecule has 0 saturated carbocycles. The summed E-state index contributed by atoms with van der Waals surface area (Å²) in [6, 6.07) is 3.37. The van der Waals surface area contributed by atoms with E-state index in [2.05, 4.69) is 15.7 Å². The number of hydrazine groups is 1. The molecule has 0 spiro atoms. The molecule has 1 unspecified atom stereocenters. The Morgan fingerprint density at radius 1 is 1.65 bits per heavy atom. The zero-order chi connectivity index (χ0) is 12.1. The maximum absolute atomic E-state index is 11.9. The molecule has 1 aromatic heterocycles. The normalized spacial score (nSPS) is 19.0. The predicted octanol–water partition coefficient (Wildman–Crippen LogP) is 0.276. The lowest BCUT2D eigenvalue weighted by Crippen LogP contribution is -2.32. The molecule has 92 valence electrons. The van der Waals surface area contributed by atoms with E-state index in [1.807, 2.05) is 0 Å². The highest BCUT2D eigenvalue weighted by atomic mass is 16.5. The number of rotatable bonds is 4. The molecule has 17 heavy (non-hydrogen) atoms. The van der Waals surface area contributed by atoms with Gasteiger partial charge in [0.15, 0.2) is 5.82 Å². The van der Waals surface area contributed by atoms with Crippen molar-refractivity contribution in [1.29, 1.82) is 0 Å². The molecule has 0 aromatic carbocycles. The number of hydrogen-bond acceptors (Lipinski definition) is 5. The number of nitrogens with two attached hydrogens (primary N) is 1. The monoisotopic (exact) mass is 236 g/mol. The number of pyridine rings is 1. The average Bonchev–Trinajstić information content (AvgIpc) is 2.89. The van der Waals surface area contributed by atoms with Crippen molar-refractivity contribution in [3.8, 4) is 0 Å². The van der Waals surface area contributed by atoms with Crippen LogP contribution in [0.4, 0.5) is 5.82 Å². The first-order chi connectivity index (χ1) is 8.31. The van der Waals surface area contributed by atoms with E-state index in [0.717, 1.165) is 19.4 Å². The number of ether oxygens (including phenoxy) is 1. The summed E-state index contributed by atoms with van der Waals surface area (Å²) in [5, 5.41) is 2.82. The quantitative estimate of drug-likeness (QED) is 0.516. The van der Waals surface area contributed by atoms with E-state index in [1.54, 1.807) is 18.3 Å². The third-order valence-electron chi connectivity index (χ3n) is 2.70. The predicted molar refractivity (Wildman–Crippen MR) is 63.4 cm³/mol. The SMILES string of the molecule is NNc1ncccc1C(=O)NCC1CCCO1. The zero-order valence-electron chi connectivity index (χ0n) is 9.48. The van der Waals surface area contributed by atoms with Gasteiger partial charge in [-0.25, -0.2) is 10.8 Å². The minimum absolute atomic E-state index is 0.130. The van der Waals surface area contributed by atoms with Crippen LogP contribution in [0.2, 0.25) is 0 Å². The number of amides is 1. The second-order valence-corrected chi connectivity index (χ2v) is 3.89. The van der Waals surface area contributed by atoms with Crippen LogP contribution >= 0.6 is 0 Å². The van der Waals surface area contributed by atoms with Crippen LogP contribution in [0, 0.1) is 0 Å². The van der Waals surface area contributed by atoms with Crippen molar-refractivity contribution in [3.05, 3.63) is 23.9 Å². The number of anilines is 1. The first-order valence-corrected chi connectivity index (χ1v) is 5.62. The highest BCUT2D eigenvalue weighted by Crippen LogP contribution is 2.12. The summed E-state index contributed by atoms with van der Waals surface area (Å²) >= 11 is 0. The van der Waals surface area contributed by atoms with Crippen molar-refractivity contribution in [2.75, 3.05) is 18.6 Å². The van der Waals surface area contributed by atoms with Gasteiger partial charge < -0.3 is 15.5 Å². The van der Waals surface area contributed by atoms with Gasteiger partial charge in [0.25, 0.3) is 5.91 Å². The summed E-state index contributed by atoms with van der Waals surface area (Å²) in [7, 11) is 0. The van der Waals surface area contributed by atoms with Gasteiger partial charge in [-0.3, -0.25) is 4.79 Å². The molecule has 4 N–H and O–H groups in total. The van der Waals surface area contributed by atoms with Gasteiger partial charge in [0, 0.05) is 19.3 Å². The van der Waals surface area contributed by atoms with Crippen LogP contribution in [0.1, 0.15) is 23.2 Å². The lowest BCUT2D eigenvalue weighted by molar-refractivity contribution is 0.0858. The van der Waals surface area contributed by atoms with Gasteiger partial charge in [0.1, 0.15) is 0 Å². The van der Waals surface area contributed by atoms with E-state index in [4.69, 9.17) is 10.6 Å². The zero-order valence-corrected chi connectivity index (χ0v) is 9.48. The minimum Gasteiger partial charge on any atom is -0.376 e. The van der Waals surface area contributed by atoms with Crippen LogP contribution in [0.25, 0.3) is 0 Å². The number of nitrogens with one attached hydrogen (secondary N) is 2. The Hall–Kier alpha value is -1.66. The van der Waals surface area contributed by atoms with Crippen molar-refractivity contribution in [1.82, 2.24) is 10.3 Å². The third kappa shape index (κ3) is 2.92. The van der Waals surface area contributed by atoms with Crippen LogP contribution in [0.15, 0.2) is 18.3 Å². The Bertz CT molecular complexity index is 391. The third-order valence-corrected chi connectivity index (χ3v) is 2.70. The van der Waals surface area contributed by atoms with Crippen molar-refractivity contribution < 1.29 is 9.53 Å². The molecule has 1 amide bonds. The van der Waals surface area contributed by atoms with E-state index in [1.165, 1.54) is 0 Å². The molecule has 1 aliphatic rings. The van der Waals surface area contributed by atoms with E-state index in [9.17, 15) is 4.79 Å². The molecule has 1 fully saturated rings. The number of nitrogen functional groups attached to an aromatic ring is 1. The summed E-state index contributed by atoms with van der Waals surface area (Å²) in [5.41, 5.74) is 2.84. The highest BCUT2D eigenvalue weighted by Gasteiger charge is 2.17. The topological polar surface area (TPSA) is 89.3 Å². The molecule has 1 aliphatic heterocycles. The van der Waals surface area contributed by atoms with E-state index in [0.29, 0.717) is 17.9 Å². The summed E-state index contributed by atoms with van der Waals surface area (Å²) in [5.74, 6) is 5.47. The van der Waals surface area contributed by atoms with Crippen molar-refractivity contribution in [2.24, 2.45) is 5.84 Å². The fourth-order valence-electron chi connectivity index (χ4n) is 1.81. The maximum atomic E-state index is 11.9. The van der Waals surface area contributed by atoms with E-state index in [-0.39, 0.29) is 12.0 Å². The number of carbonyl (C=O) groups is 1. The summed E-state index contributed by atoms with van der Waals surface area (Å²) in [6.07, 6.45) is 3.76. The second kappa shape index (κ2) is 5.60. The van der Waals surface area contributed by atoms with Gasteiger partial charge in [-0.2, -0.15) is 0 Å². The Kier molecular flexibility index (Phi) is 3.89. The number of hydrogen-bond donors (Lipinski definition) is 3. The number of aromatic nitrogens is 1. The largest absolute Gasteiger partial charge is 0.376 e. The Labute approximate surface area is 99.5 Å². The van der Waals surface area contributed by atoms with Crippen molar-refractivity contribution in [2.45, 2.75) is 18.9 Å². The van der Waals surface area contributed by atoms with Gasteiger partial charge in [-0.1, -0.05) is 0 Å². The molecule has 1 aromatic rings. The molecule has 2 heterocycles. The fraction of sp³-hybridized carbons (Fsp3) is 0.455. The average molecular weight is 236 g/mol. The number of carbonyl (C=O) groups excluding carboxylic acids is 1. The maximum Gasteiger partial charge on any atom is 0.255 e. The summed E-state index contributed by atoms with van der Waals surface area (Å²) < 4.78 is 5.43. The molecule has 6 heteroatoms. The molecule has 0 aliphatic carbocycles. The molecule has 1 atom stereocenters. The standard InChI is InChI=1S/C11H16N4O2/c12-15-10-9(4-1-5-13-10)11(16)14-7-8-3-2-6-17-8/h1,4-5,8H,2-3,6-7,12H2,(H,13,15)(H,14,16).